The molecule has 2 rings (SSSR count). The number of hydrogen-bond donors (Lipinski definition) is 2. The number of urea groups is 1. The van der Waals surface area contributed by atoms with Crippen LogP contribution in [0.2, 0.25) is 0 Å². The number of amides is 2. The standard InChI is InChI=1S/C10H7BrFN3OS/c11-8-5-13-10(17-8)15-9(16)14-7-3-1-6(12)2-4-7/h1-5H,(H2,13,14,15,16). The highest BCUT2D eigenvalue weighted by Gasteiger charge is 2.05. The molecule has 0 radical (unpaired) electrons. The second-order valence-corrected chi connectivity index (χ2v) is 5.47. The Morgan fingerprint density at radius 3 is 2.59 bits per heavy atom. The third-order valence-corrected chi connectivity index (χ3v) is 3.19. The van der Waals surface area contributed by atoms with E-state index >= 15 is 0 Å². The van der Waals surface area contributed by atoms with E-state index in [1.54, 1.807) is 6.20 Å². The van der Waals surface area contributed by atoms with Gasteiger partial charge in [0.1, 0.15) is 5.82 Å². The van der Waals surface area contributed by atoms with Crippen LogP contribution < -0.4 is 10.6 Å². The molecule has 0 saturated carbocycles. The summed E-state index contributed by atoms with van der Waals surface area (Å²) in [5.41, 5.74) is 0.513. The van der Waals surface area contributed by atoms with E-state index in [1.165, 1.54) is 35.6 Å². The number of carbonyl (C=O) groups excluding carboxylic acids is 1. The van der Waals surface area contributed by atoms with Gasteiger partial charge < -0.3 is 5.32 Å². The number of aromatic nitrogens is 1. The highest BCUT2D eigenvalue weighted by molar-refractivity contribution is 9.11. The molecule has 0 saturated heterocycles. The van der Waals surface area contributed by atoms with Gasteiger partial charge in [0.15, 0.2) is 5.13 Å². The molecule has 0 spiro atoms. The first-order valence-electron chi connectivity index (χ1n) is 4.58. The molecule has 1 heterocycles. The van der Waals surface area contributed by atoms with Gasteiger partial charge in [-0.3, -0.25) is 5.32 Å². The van der Waals surface area contributed by atoms with Gasteiger partial charge in [-0.25, -0.2) is 14.2 Å². The molecule has 2 N–H and O–H groups in total. The summed E-state index contributed by atoms with van der Waals surface area (Å²) >= 11 is 4.54. The van der Waals surface area contributed by atoms with Crippen molar-refractivity contribution in [3.63, 3.8) is 0 Å². The molecule has 4 nitrogen and oxygen atoms in total. The first-order chi connectivity index (χ1) is 8.13. The maximum absolute atomic E-state index is 12.6. The normalized spacial score (nSPS) is 10.0. The molecule has 0 aliphatic carbocycles. The first-order valence-corrected chi connectivity index (χ1v) is 6.19. The lowest BCUT2D eigenvalue weighted by Gasteiger charge is -2.04. The van der Waals surface area contributed by atoms with Crippen LogP contribution in [-0.4, -0.2) is 11.0 Å². The molecular weight excluding hydrogens is 309 g/mol. The maximum atomic E-state index is 12.6. The molecule has 0 bridgehead atoms. The van der Waals surface area contributed by atoms with Gasteiger partial charge in [-0.15, -0.1) is 0 Å². The first kappa shape index (κ1) is 12.0. The van der Waals surface area contributed by atoms with Crippen LogP contribution in [0, 0.1) is 5.82 Å². The van der Waals surface area contributed by atoms with Gasteiger partial charge in [-0.1, -0.05) is 11.3 Å². The zero-order valence-corrected chi connectivity index (χ0v) is 10.8. The van der Waals surface area contributed by atoms with Gasteiger partial charge >= 0.3 is 6.03 Å². The quantitative estimate of drug-likeness (QED) is 0.888. The van der Waals surface area contributed by atoms with Crippen molar-refractivity contribution >= 4 is 44.1 Å². The summed E-state index contributed by atoms with van der Waals surface area (Å²) in [7, 11) is 0. The number of carbonyl (C=O) groups is 1. The average Bonchev–Trinajstić information content (AvgIpc) is 2.67. The highest BCUT2D eigenvalue weighted by atomic mass is 79.9. The molecule has 17 heavy (non-hydrogen) atoms. The Bertz CT molecular complexity index is 529. The zero-order valence-electron chi connectivity index (χ0n) is 8.41. The summed E-state index contributed by atoms with van der Waals surface area (Å²) in [6.07, 6.45) is 1.60. The molecular formula is C10H7BrFN3OS. The van der Waals surface area contributed by atoms with Crippen molar-refractivity contribution in [3.05, 3.63) is 40.1 Å². The molecule has 1 aromatic carbocycles. The summed E-state index contributed by atoms with van der Waals surface area (Å²) in [5.74, 6) is -0.347. The highest BCUT2D eigenvalue weighted by Crippen LogP contribution is 2.23. The van der Waals surface area contributed by atoms with Gasteiger partial charge in [-0.2, -0.15) is 0 Å². The van der Waals surface area contributed by atoms with Crippen LogP contribution in [0.4, 0.5) is 20.0 Å². The number of halogens is 2. The van der Waals surface area contributed by atoms with Crippen molar-refractivity contribution in [2.45, 2.75) is 0 Å². The summed E-state index contributed by atoms with van der Waals surface area (Å²) in [5, 5.41) is 5.60. The Morgan fingerprint density at radius 1 is 1.29 bits per heavy atom. The monoisotopic (exact) mass is 315 g/mol. The van der Waals surface area contributed by atoms with Gasteiger partial charge in [0, 0.05) is 5.69 Å². The average molecular weight is 316 g/mol. The Labute approximate surface area is 109 Å². The number of rotatable bonds is 2. The summed E-state index contributed by atoms with van der Waals surface area (Å²) in [6.45, 7) is 0. The van der Waals surface area contributed by atoms with Crippen molar-refractivity contribution in [2.75, 3.05) is 10.6 Å². The Hall–Kier alpha value is -1.47. The fraction of sp³-hybridized carbons (Fsp3) is 0. The van der Waals surface area contributed by atoms with Crippen molar-refractivity contribution in [2.24, 2.45) is 0 Å². The Morgan fingerprint density at radius 2 is 2.00 bits per heavy atom. The second-order valence-electron chi connectivity index (χ2n) is 3.06. The third kappa shape index (κ3) is 3.50. The number of thiazole rings is 1. The SMILES string of the molecule is O=C(Nc1ccc(F)cc1)Nc1ncc(Br)s1. The van der Waals surface area contributed by atoms with Crippen LogP contribution in [-0.2, 0) is 0 Å². The predicted octanol–water partition coefficient (Wildman–Crippen LogP) is 3.69. The van der Waals surface area contributed by atoms with E-state index in [4.69, 9.17) is 0 Å². The molecule has 0 aliphatic heterocycles. The van der Waals surface area contributed by atoms with Crippen LogP contribution in [0.5, 0.6) is 0 Å². The minimum Gasteiger partial charge on any atom is -0.308 e. The Kier molecular flexibility index (Phi) is 3.70. The van der Waals surface area contributed by atoms with Gasteiger partial charge in [0.05, 0.1) is 9.98 Å². The molecule has 0 fully saturated rings. The third-order valence-electron chi connectivity index (χ3n) is 1.80. The topological polar surface area (TPSA) is 54.0 Å². The number of anilines is 2. The fourth-order valence-electron chi connectivity index (χ4n) is 1.10. The van der Waals surface area contributed by atoms with E-state index in [-0.39, 0.29) is 5.82 Å². The predicted molar refractivity (Wildman–Crippen MR) is 68.9 cm³/mol. The zero-order chi connectivity index (χ0) is 12.3. The minimum atomic E-state index is -0.418. The van der Waals surface area contributed by atoms with E-state index in [2.05, 4.69) is 31.5 Å². The molecule has 0 atom stereocenters. The van der Waals surface area contributed by atoms with Crippen molar-refractivity contribution in [1.82, 2.24) is 4.98 Å². The van der Waals surface area contributed by atoms with Crippen LogP contribution in [0.3, 0.4) is 0 Å². The fourth-order valence-corrected chi connectivity index (χ4v) is 2.21. The number of nitrogens with zero attached hydrogens (tertiary/aromatic N) is 1. The van der Waals surface area contributed by atoms with Crippen LogP contribution >= 0.6 is 27.3 Å². The van der Waals surface area contributed by atoms with Gasteiger partial charge in [-0.05, 0) is 40.2 Å². The number of nitrogens with one attached hydrogen (secondary N) is 2. The van der Waals surface area contributed by atoms with Gasteiger partial charge in [0.2, 0.25) is 0 Å². The van der Waals surface area contributed by atoms with Crippen molar-refractivity contribution in [1.29, 1.82) is 0 Å². The van der Waals surface area contributed by atoms with Crippen LogP contribution in [0.1, 0.15) is 0 Å². The minimum absolute atomic E-state index is 0.347. The van der Waals surface area contributed by atoms with E-state index in [9.17, 15) is 9.18 Å². The van der Waals surface area contributed by atoms with E-state index in [1.807, 2.05) is 0 Å². The molecule has 0 unspecified atom stereocenters. The number of hydrogen-bond acceptors (Lipinski definition) is 3. The molecule has 2 aromatic rings. The smallest absolute Gasteiger partial charge is 0.308 e. The lowest BCUT2D eigenvalue weighted by Crippen LogP contribution is -2.19. The molecule has 0 aliphatic rings. The maximum Gasteiger partial charge on any atom is 0.325 e. The van der Waals surface area contributed by atoms with Crippen molar-refractivity contribution in [3.8, 4) is 0 Å². The van der Waals surface area contributed by atoms with E-state index in [0.29, 0.717) is 10.8 Å². The Balaban J connectivity index is 1.95. The van der Waals surface area contributed by atoms with Gasteiger partial charge in [0.25, 0.3) is 0 Å². The molecule has 88 valence electrons. The lowest BCUT2D eigenvalue weighted by atomic mass is 10.3. The van der Waals surface area contributed by atoms with Crippen LogP contribution in [0.15, 0.2) is 34.2 Å². The lowest BCUT2D eigenvalue weighted by molar-refractivity contribution is 0.262. The van der Waals surface area contributed by atoms with Crippen LogP contribution in [0.25, 0.3) is 0 Å². The van der Waals surface area contributed by atoms with Crippen molar-refractivity contribution < 1.29 is 9.18 Å². The van der Waals surface area contributed by atoms with E-state index in [0.717, 1.165) is 3.79 Å². The molecule has 1 aromatic heterocycles. The van der Waals surface area contributed by atoms with E-state index < -0.39 is 6.03 Å². The summed E-state index contributed by atoms with van der Waals surface area (Å²) < 4.78 is 13.5. The second kappa shape index (κ2) is 5.24. The molecule has 7 heteroatoms. The molecule has 2 amide bonds. The number of benzene rings is 1. The largest absolute Gasteiger partial charge is 0.325 e. The summed E-state index contributed by atoms with van der Waals surface area (Å²) in [6, 6.07) is 5.09. The summed E-state index contributed by atoms with van der Waals surface area (Å²) in [4.78, 5) is 15.5.